The molecule has 126 valence electrons. The van der Waals surface area contributed by atoms with Gasteiger partial charge in [0.25, 0.3) is 0 Å². The van der Waals surface area contributed by atoms with Gasteiger partial charge in [0.1, 0.15) is 11.5 Å². The van der Waals surface area contributed by atoms with Crippen molar-refractivity contribution in [3.63, 3.8) is 0 Å². The van der Waals surface area contributed by atoms with Gasteiger partial charge >= 0.3 is 0 Å². The molecular formula is C21H24O3. The Morgan fingerprint density at radius 3 is 2.50 bits per heavy atom. The number of phenolic OH excluding ortho intramolecular Hbond substituents is 1. The molecule has 0 saturated carbocycles. The number of aromatic hydroxyl groups is 1. The van der Waals surface area contributed by atoms with Gasteiger partial charge in [-0.2, -0.15) is 0 Å². The number of benzene rings is 2. The summed E-state index contributed by atoms with van der Waals surface area (Å²) in [5.41, 5.74) is -3.38. The normalized spacial score (nSPS) is 42.5. The van der Waals surface area contributed by atoms with Crippen LogP contribution in [0.15, 0.2) is 36.3 Å². The summed E-state index contributed by atoms with van der Waals surface area (Å²) >= 11 is 0. The first-order valence-electron chi connectivity index (χ1n) is 16.5. The van der Waals surface area contributed by atoms with Crippen molar-refractivity contribution >= 4 is 5.78 Å². The summed E-state index contributed by atoms with van der Waals surface area (Å²) in [6.45, 7) is 0. The highest BCUT2D eigenvalue weighted by molar-refractivity contribution is 5.98. The van der Waals surface area contributed by atoms with E-state index in [-0.39, 0.29) is 0 Å². The molecule has 0 aliphatic heterocycles. The average Bonchev–Trinajstić information content (AvgIpc) is 2.89. The van der Waals surface area contributed by atoms with Crippen LogP contribution >= 0.6 is 0 Å². The Morgan fingerprint density at radius 1 is 0.958 bits per heavy atom. The third-order valence-corrected chi connectivity index (χ3v) is 2.82. The molecule has 0 atom stereocenters. The number of carbonyl (C=O) groups is 1. The Balaban J connectivity index is 0.000000240. The summed E-state index contributed by atoms with van der Waals surface area (Å²) in [5.74, 6) is -2.97. The molecule has 0 amide bonds. The minimum absolute atomic E-state index is 0.460. The van der Waals surface area contributed by atoms with Crippen molar-refractivity contribution in [3.8, 4) is 11.5 Å². The zero-order valence-corrected chi connectivity index (χ0v) is 12.3. The number of ether oxygens (including phenoxy) is 1. The molecule has 0 fully saturated rings. The van der Waals surface area contributed by atoms with Crippen LogP contribution in [0.3, 0.4) is 0 Å². The molecular weight excluding hydrogens is 300 g/mol. The number of ketones is 1. The van der Waals surface area contributed by atoms with Crippen LogP contribution in [-0.2, 0) is 19.1 Å². The van der Waals surface area contributed by atoms with Gasteiger partial charge < -0.3 is 9.84 Å². The molecule has 24 heavy (non-hydrogen) atoms. The van der Waals surface area contributed by atoms with Gasteiger partial charge in [-0.05, 0) is 85.1 Å². The molecule has 0 saturated heterocycles. The summed E-state index contributed by atoms with van der Waals surface area (Å²) in [5, 5.41) is 9.65. The lowest BCUT2D eigenvalue weighted by molar-refractivity contribution is 0.0972. The summed E-state index contributed by atoms with van der Waals surface area (Å²) < 4.78 is 160. The van der Waals surface area contributed by atoms with E-state index in [1.54, 1.807) is 0 Å². The van der Waals surface area contributed by atoms with E-state index in [2.05, 4.69) is 0 Å². The number of hydrogen-bond acceptors (Lipinski definition) is 3. The first-order valence-corrected chi connectivity index (χ1v) is 6.54. The van der Waals surface area contributed by atoms with Crippen molar-refractivity contribution in [2.24, 2.45) is 0 Å². The lowest BCUT2D eigenvalue weighted by Gasteiger charge is -2.14. The Labute approximate surface area is 171 Å². The van der Waals surface area contributed by atoms with E-state index in [1.807, 2.05) is 0 Å². The van der Waals surface area contributed by atoms with Crippen LogP contribution in [0.2, 0.25) is 0 Å². The van der Waals surface area contributed by atoms with Crippen LogP contribution in [-0.4, -0.2) is 18.0 Å². The lowest BCUT2D eigenvalue weighted by atomic mass is 9.91. The molecule has 2 aliphatic rings. The molecule has 0 heterocycles. The van der Waals surface area contributed by atoms with E-state index >= 15 is 0 Å². The summed E-state index contributed by atoms with van der Waals surface area (Å²) in [6, 6.07) is -5.05. The van der Waals surface area contributed by atoms with Crippen LogP contribution < -0.4 is 4.74 Å². The molecule has 4 rings (SSSR count). The number of phenols is 1. The fourth-order valence-electron chi connectivity index (χ4n) is 1.74. The van der Waals surface area contributed by atoms with Gasteiger partial charge in [-0.1, -0.05) is 6.04 Å². The minimum Gasteiger partial charge on any atom is -0.508 e. The molecule has 2 aromatic carbocycles. The quantitative estimate of drug-likeness (QED) is 0.829. The maximum absolute atomic E-state index is 12.3. The molecule has 0 radical (unpaired) electrons. The molecule has 0 bridgehead atoms. The van der Waals surface area contributed by atoms with E-state index in [0.29, 0.717) is 0 Å². The van der Waals surface area contributed by atoms with E-state index in [9.17, 15) is 9.90 Å². The summed E-state index contributed by atoms with van der Waals surface area (Å²) in [7, 11) is 1.10. The van der Waals surface area contributed by atoms with E-state index < -0.39 is 120 Å². The summed E-state index contributed by atoms with van der Waals surface area (Å²) in [4.78, 5) is 12.3. The van der Waals surface area contributed by atoms with E-state index in [0.717, 1.165) is 7.11 Å². The first-order chi connectivity index (χ1) is 19.5. The van der Waals surface area contributed by atoms with Gasteiger partial charge in [-0.3, -0.25) is 4.79 Å². The largest absolute Gasteiger partial charge is 0.508 e. The standard InChI is InChI=1S/C11H12O2.C10H12O/c1-13-9-5-6-10-8(7-9)3-2-4-11(10)12;11-10-6-5-8-3-1-2-4-9(8)7-10/h5-7H,2-4H2,1H3;5-7,11H,1-4H2/i2D2,3D2,4D2,5D,6D,7D;1D2,2D2,3D2,4D2,5D,6D,7D. The Morgan fingerprint density at radius 2 is 1.71 bits per heavy atom. The van der Waals surface area contributed by atoms with Gasteiger partial charge in [0.05, 0.1) is 15.3 Å². The Hall–Kier alpha value is -2.29. The zero-order chi connectivity index (χ0) is 34.7. The first kappa shape index (κ1) is 4.87. The fraction of sp³-hybridized carbons (Fsp3) is 0.381. The zero-order valence-electron chi connectivity index (χ0n) is 32.3. The van der Waals surface area contributed by atoms with Crippen molar-refractivity contribution in [2.45, 2.75) is 44.6 Å². The van der Waals surface area contributed by atoms with Crippen molar-refractivity contribution in [2.75, 3.05) is 7.11 Å². The van der Waals surface area contributed by atoms with Gasteiger partial charge in [0.15, 0.2) is 5.78 Å². The molecule has 1 N–H and O–H groups in total. The molecule has 3 heteroatoms. The molecule has 2 aromatic rings. The smallest absolute Gasteiger partial charge is 0.163 e. The van der Waals surface area contributed by atoms with Crippen LogP contribution in [0, 0.1) is 0 Å². The highest BCUT2D eigenvalue weighted by atomic mass is 16.5. The molecule has 0 aromatic heterocycles. The monoisotopic (exact) mass is 344 g/mol. The predicted molar refractivity (Wildman–Crippen MR) is 95.0 cm³/mol. The number of fused-ring (bicyclic) bond motifs is 2. The minimum atomic E-state index is -3.37. The van der Waals surface area contributed by atoms with Crippen molar-refractivity contribution < 1.29 is 42.1 Å². The number of Topliss-reactive ketones (excluding diaryl/α,β-unsaturated/α-hetero) is 1. The molecule has 0 spiro atoms. The number of rotatable bonds is 1. The fourth-order valence-corrected chi connectivity index (χ4v) is 1.74. The second-order valence-corrected chi connectivity index (χ2v) is 4.34. The topological polar surface area (TPSA) is 46.5 Å². The number of hydrogen-bond donors (Lipinski definition) is 1. The number of methoxy groups -OCH3 is 1. The van der Waals surface area contributed by atoms with Gasteiger partial charge in [-0.25, -0.2) is 0 Å². The van der Waals surface area contributed by atoms with E-state index in [1.165, 1.54) is 0 Å². The van der Waals surface area contributed by atoms with Gasteiger partial charge in [0, 0.05) is 31.1 Å². The van der Waals surface area contributed by atoms with Crippen molar-refractivity contribution in [1.82, 2.24) is 0 Å². The predicted octanol–water partition coefficient (Wildman–Crippen LogP) is 4.49. The maximum atomic E-state index is 12.3. The SMILES string of the molecule is [2H]c1c([2H])c2c(c([2H])c1O)C([2H])([2H])C([2H])([2H])C([2H])([2H])C2([2H])[2H].[2H]c1c([2H])c2c(c([2H])c1OC)C([2H])([2H])C([2H])([2H])C([2H])([2H])C2=O. The van der Waals surface area contributed by atoms with Crippen LogP contribution in [0.25, 0.3) is 0 Å². The third kappa shape index (κ3) is 3.78. The highest BCUT2D eigenvalue weighted by Crippen LogP contribution is 2.25. The second kappa shape index (κ2) is 7.52. The third-order valence-electron chi connectivity index (χ3n) is 2.82. The Bertz CT molecular complexity index is 1520. The van der Waals surface area contributed by atoms with Gasteiger partial charge in [0.2, 0.25) is 0 Å². The molecule has 0 unspecified atom stereocenters. The van der Waals surface area contributed by atoms with Crippen molar-refractivity contribution in [3.05, 3.63) is 58.5 Å². The average molecular weight is 345 g/mol. The molecule has 2 aliphatic carbocycles. The Kier molecular flexibility index (Phi) is 1.53. The highest BCUT2D eigenvalue weighted by Gasteiger charge is 2.16. The van der Waals surface area contributed by atoms with Crippen LogP contribution in [0.5, 0.6) is 11.5 Å². The molecule has 3 nitrogen and oxygen atoms in total. The second-order valence-electron chi connectivity index (χ2n) is 4.34. The van der Waals surface area contributed by atoms with Gasteiger partial charge in [-0.15, -0.1) is 0 Å². The maximum Gasteiger partial charge on any atom is 0.163 e. The number of carbonyl (C=O) groups excluding carboxylic acids is 1. The van der Waals surface area contributed by atoms with E-state index in [4.69, 9.17) is 32.2 Å². The lowest BCUT2D eigenvalue weighted by Crippen LogP contribution is -2.10. The van der Waals surface area contributed by atoms with Crippen LogP contribution in [0.4, 0.5) is 0 Å². The summed E-state index contributed by atoms with van der Waals surface area (Å²) in [6.07, 6.45) is -22.6. The van der Waals surface area contributed by atoms with Crippen LogP contribution in [0.1, 0.15) is 80.0 Å². The van der Waals surface area contributed by atoms with Crippen molar-refractivity contribution in [1.29, 1.82) is 0 Å².